The number of aromatic nitrogens is 2. The van der Waals surface area contributed by atoms with E-state index >= 15 is 0 Å². The Hall–Kier alpha value is -3.03. The molecule has 2 rings (SSSR count). The summed E-state index contributed by atoms with van der Waals surface area (Å²) in [6, 6.07) is 5.89. The van der Waals surface area contributed by atoms with Crippen LogP contribution in [0.5, 0.6) is 11.5 Å². The summed E-state index contributed by atoms with van der Waals surface area (Å²) in [6.45, 7) is 3.37. The van der Waals surface area contributed by atoms with Gasteiger partial charge >= 0.3 is 5.97 Å². The van der Waals surface area contributed by atoms with Gasteiger partial charge in [0.05, 0.1) is 13.3 Å². The van der Waals surface area contributed by atoms with Crippen molar-refractivity contribution in [3.63, 3.8) is 0 Å². The highest BCUT2D eigenvalue weighted by Crippen LogP contribution is 2.24. The standard InChI is InChI=1S/C16H19N3O5/c1-10(2)19-14(6-7-17-19)18-15(21)9-24-16(22)12-5-4-11(23-3)8-13(12)20/h4-8,10,20H,9H2,1-3H3,(H,18,21). The van der Waals surface area contributed by atoms with E-state index in [-0.39, 0.29) is 17.4 Å². The predicted molar refractivity (Wildman–Crippen MR) is 86.2 cm³/mol. The number of phenolic OH excluding ortho intramolecular Hbond substituents is 1. The molecule has 0 fully saturated rings. The Balaban J connectivity index is 1.94. The summed E-state index contributed by atoms with van der Waals surface area (Å²) in [5.74, 6) is -0.666. The van der Waals surface area contributed by atoms with Crippen molar-refractivity contribution in [2.75, 3.05) is 19.0 Å². The zero-order chi connectivity index (χ0) is 17.7. The van der Waals surface area contributed by atoms with Crippen LogP contribution in [-0.4, -0.2) is 40.5 Å². The third-order valence-electron chi connectivity index (χ3n) is 3.19. The fraction of sp³-hybridized carbons (Fsp3) is 0.312. The maximum Gasteiger partial charge on any atom is 0.342 e. The molecule has 0 atom stereocenters. The summed E-state index contributed by atoms with van der Waals surface area (Å²) in [5.41, 5.74) is -0.0455. The monoisotopic (exact) mass is 333 g/mol. The van der Waals surface area contributed by atoms with E-state index in [0.29, 0.717) is 11.6 Å². The van der Waals surface area contributed by atoms with Gasteiger partial charge in [0.1, 0.15) is 22.9 Å². The summed E-state index contributed by atoms with van der Waals surface area (Å²) in [4.78, 5) is 23.8. The number of benzene rings is 1. The predicted octanol–water partition coefficient (Wildman–Crippen LogP) is 1.97. The number of nitrogens with one attached hydrogen (secondary N) is 1. The van der Waals surface area contributed by atoms with Gasteiger partial charge in [0, 0.05) is 18.2 Å². The molecule has 2 N–H and O–H groups in total. The van der Waals surface area contributed by atoms with Crippen LogP contribution in [0.15, 0.2) is 30.5 Å². The summed E-state index contributed by atoms with van der Waals surface area (Å²) < 4.78 is 11.5. The molecule has 2 aromatic rings. The van der Waals surface area contributed by atoms with Gasteiger partial charge in [-0.3, -0.25) is 4.79 Å². The Bertz CT molecular complexity index is 739. The highest BCUT2D eigenvalue weighted by atomic mass is 16.5. The fourth-order valence-corrected chi connectivity index (χ4v) is 2.02. The second-order valence-corrected chi connectivity index (χ2v) is 5.26. The minimum Gasteiger partial charge on any atom is -0.507 e. The molecule has 0 radical (unpaired) electrons. The Labute approximate surface area is 139 Å². The molecule has 1 amide bonds. The molecule has 0 bridgehead atoms. The molecule has 8 nitrogen and oxygen atoms in total. The Morgan fingerprint density at radius 3 is 2.71 bits per heavy atom. The average Bonchev–Trinajstić information content (AvgIpc) is 3.00. The lowest BCUT2D eigenvalue weighted by Gasteiger charge is -2.12. The first-order valence-electron chi connectivity index (χ1n) is 7.30. The van der Waals surface area contributed by atoms with E-state index in [9.17, 15) is 14.7 Å². The summed E-state index contributed by atoms with van der Waals surface area (Å²) >= 11 is 0. The van der Waals surface area contributed by atoms with Gasteiger partial charge in [-0.2, -0.15) is 5.10 Å². The lowest BCUT2D eigenvalue weighted by atomic mass is 10.2. The Morgan fingerprint density at radius 2 is 2.08 bits per heavy atom. The number of nitrogens with zero attached hydrogens (tertiary/aromatic N) is 2. The molecular weight excluding hydrogens is 314 g/mol. The molecule has 0 aliphatic rings. The third-order valence-corrected chi connectivity index (χ3v) is 3.19. The maximum atomic E-state index is 11.9. The van der Waals surface area contributed by atoms with Crippen LogP contribution in [0.25, 0.3) is 0 Å². The first-order chi connectivity index (χ1) is 11.4. The number of amides is 1. The van der Waals surface area contributed by atoms with Crippen molar-refractivity contribution in [1.29, 1.82) is 0 Å². The van der Waals surface area contributed by atoms with E-state index in [2.05, 4.69) is 10.4 Å². The van der Waals surface area contributed by atoms with Crippen molar-refractivity contribution in [2.45, 2.75) is 19.9 Å². The van der Waals surface area contributed by atoms with Crippen molar-refractivity contribution in [1.82, 2.24) is 9.78 Å². The molecule has 0 aliphatic heterocycles. The number of carbonyl (C=O) groups excluding carboxylic acids is 2. The number of carbonyl (C=O) groups is 2. The molecule has 1 heterocycles. The molecule has 0 saturated heterocycles. The van der Waals surface area contributed by atoms with Crippen molar-refractivity contribution < 1.29 is 24.2 Å². The van der Waals surface area contributed by atoms with Gasteiger partial charge in [-0.25, -0.2) is 9.48 Å². The molecule has 1 aromatic carbocycles. The lowest BCUT2D eigenvalue weighted by Crippen LogP contribution is -2.23. The lowest BCUT2D eigenvalue weighted by molar-refractivity contribution is -0.119. The molecule has 24 heavy (non-hydrogen) atoms. The van der Waals surface area contributed by atoms with Crippen molar-refractivity contribution in [2.24, 2.45) is 0 Å². The minimum atomic E-state index is -0.803. The maximum absolute atomic E-state index is 11.9. The average molecular weight is 333 g/mol. The number of ether oxygens (including phenoxy) is 2. The van der Waals surface area contributed by atoms with Gasteiger partial charge in [0.2, 0.25) is 0 Å². The SMILES string of the molecule is COc1ccc(C(=O)OCC(=O)Nc2ccnn2C(C)C)c(O)c1. The molecule has 0 aliphatic carbocycles. The quantitative estimate of drug-likeness (QED) is 0.784. The van der Waals surface area contributed by atoms with Gasteiger partial charge in [0.25, 0.3) is 5.91 Å². The van der Waals surface area contributed by atoms with Crippen LogP contribution < -0.4 is 10.1 Å². The number of rotatable bonds is 6. The zero-order valence-corrected chi connectivity index (χ0v) is 13.6. The van der Waals surface area contributed by atoms with E-state index in [1.807, 2.05) is 13.8 Å². The highest BCUT2D eigenvalue weighted by molar-refractivity contribution is 5.96. The van der Waals surface area contributed by atoms with Crippen LogP contribution in [0.1, 0.15) is 30.2 Å². The van der Waals surface area contributed by atoms with Crippen LogP contribution in [-0.2, 0) is 9.53 Å². The van der Waals surface area contributed by atoms with Gasteiger partial charge < -0.3 is 19.9 Å². The largest absolute Gasteiger partial charge is 0.507 e. The highest BCUT2D eigenvalue weighted by Gasteiger charge is 2.16. The van der Waals surface area contributed by atoms with Gasteiger partial charge in [-0.15, -0.1) is 0 Å². The van der Waals surface area contributed by atoms with Crippen LogP contribution in [0.3, 0.4) is 0 Å². The second kappa shape index (κ2) is 7.49. The number of anilines is 1. The number of aromatic hydroxyl groups is 1. The summed E-state index contributed by atoms with van der Waals surface area (Å²) in [6.07, 6.45) is 1.57. The fourth-order valence-electron chi connectivity index (χ4n) is 2.02. The molecule has 0 unspecified atom stereocenters. The first-order valence-corrected chi connectivity index (χ1v) is 7.30. The van der Waals surface area contributed by atoms with E-state index in [0.717, 1.165) is 0 Å². The topological polar surface area (TPSA) is 103 Å². The van der Waals surface area contributed by atoms with Gasteiger partial charge in [0.15, 0.2) is 6.61 Å². The number of hydrogen-bond donors (Lipinski definition) is 2. The number of methoxy groups -OCH3 is 1. The molecule has 8 heteroatoms. The molecular formula is C16H19N3O5. The Morgan fingerprint density at radius 1 is 1.33 bits per heavy atom. The minimum absolute atomic E-state index is 0.0455. The molecule has 128 valence electrons. The zero-order valence-electron chi connectivity index (χ0n) is 13.6. The van der Waals surface area contributed by atoms with Crippen LogP contribution >= 0.6 is 0 Å². The van der Waals surface area contributed by atoms with Gasteiger partial charge in [-0.1, -0.05) is 0 Å². The van der Waals surface area contributed by atoms with Crippen LogP contribution in [0.4, 0.5) is 5.82 Å². The van der Waals surface area contributed by atoms with Crippen LogP contribution in [0, 0.1) is 0 Å². The van der Waals surface area contributed by atoms with E-state index in [4.69, 9.17) is 9.47 Å². The van der Waals surface area contributed by atoms with Crippen LogP contribution in [0.2, 0.25) is 0 Å². The number of esters is 1. The second-order valence-electron chi connectivity index (χ2n) is 5.26. The smallest absolute Gasteiger partial charge is 0.342 e. The van der Waals surface area contributed by atoms with E-state index in [1.165, 1.54) is 25.3 Å². The van der Waals surface area contributed by atoms with Gasteiger partial charge in [-0.05, 0) is 26.0 Å². The van der Waals surface area contributed by atoms with E-state index in [1.54, 1.807) is 16.9 Å². The normalized spacial score (nSPS) is 10.5. The summed E-state index contributed by atoms with van der Waals surface area (Å²) in [5, 5.41) is 16.5. The Kier molecular flexibility index (Phi) is 5.41. The summed E-state index contributed by atoms with van der Waals surface area (Å²) in [7, 11) is 1.44. The number of phenols is 1. The number of hydrogen-bond acceptors (Lipinski definition) is 6. The molecule has 0 spiro atoms. The third kappa shape index (κ3) is 4.03. The van der Waals surface area contributed by atoms with Crippen molar-refractivity contribution in [3.05, 3.63) is 36.0 Å². The van der Waals surface area contributed by atoms with E-state index < -0.39 is 18.5 Å². The molecule has 0 saturated carbocycles. The molecule has 1 aromatic heterocycles. The van der Waals surface area contributed by atoms with Crippen molar-refractivity contribution >= 4 is 17.7 Å². The van der Waals surface area contributed by atoms with Crippen molar-refractivity contribution in [3.8, 4) is 11.5 Å². The first kappa shape index (κ1) is 17.3.